The number of nitrogens with zero attached hydrogens (tertiary/aromatic N) is 3. The predicted molar refractivity (Wildman–Crippen MR) is 79.2 cm³/mol. The Kier molecular flexibility index (Phi) is 4.12. The number of sulfonamides is 1. The fraction of sp³-hybridized carbons (Fsp3) is 0.333. The van der Waals surface area contributed by atoms with E-state index in [2.05, 4.69) is 9.97 Å². The van der Waals surface area contributed by atoms with E-state index in [9.17, 15) is 8.42 Å². The van der Waals surface area contributed by atoms with Crippen LogP contribution in [0.1, 0.15) is 6.42 Å². The van der Waals surface area contributed by atoms with Crippen molar-refractivity contribution in [3.05, 3.63) is 35.1 Å². The third-order valence-corrected chi connectivity index (χ3v) is 6.64. The summed E-state index contributed by atoms with van der Waals surface area (Å²) in [4.78, 5) is 7.94. The van der Waals surface area contributed by atoms with Crippen LogP contribution in [0.25, 0.3) is 0 Å². The van der Waals surface area contributed by atoms with Crippen molar-refractivity contribution in [3.8, 4) is 5.88 Å². The van der Waals surface area contributed by atoms with Crippen molar-refractivity contribution in [2.24, 2.45) is 0 Å². The molecule has 0 aromatic carbocycles. The first kappa shape index (κ1) is 14.7. The van der Waals surface area contributed by atoms with E-state index in [1.54, 1.807) is 12.3 Å². The quantitative estimate of drug-likeness (QED) is 0.847. The molecule has 0 saturated carbocycles. The molecule has 1 atom stereocenters. The van der Waals surface area contributed by atoms with Gasteiger partial charge in [-0.3, -0.25) is 4.98 Å². The molecule has 1 saturated heterocycles. The molecule has 2 aromatic rings. The summed E-state index contributed by atoms with van der Waals surface area (Å²) < 4.78 is 32.6. The zero-order valence-corrected chi connectivity index (χ0v) is 13.2. The minimum Gasteiger partial charge on any atom is -0.472 e. The van der Waals surface area contributed by atoms with Crippen molar-refractivity contribution in [3.63, 3.8) is 0 Å². The lowest BCUT2D eigenvalue weighted by atomic mass is 10.3. The fourth-order valence-electron chi connectivity index (χ4n) is 2.09. The third-order valence-electron chi connectivity index (χ3n) is 3.08. The van der Waals surface area contributed by atoms with E-state index < -0.39 is 10.0 Å². The van der Waals surface area contributed by atoms with Gasteiger partial charge < -0.3 is 4.74 Å². The molecule has 0 amide bonds. The monoisotopic (exact) mass is 345 g/mol. The van der Waals surface area contributed by atoms with Crippen LogP contribution in [0.5, 0.6) is 5.88 Å². The van der Waals surface area contributed by atoms with Crippen LogP contribution in [0.15, 0.2) is 34.9 Å². The van der Waals surface area contributed by atoms with Crippen molar-refractivity contribution in [1.29, 1.82) is 0 Å². The summed E-state index contributed by atoms with van der Waals surface area (Å²) in [5.41, 5.74) is 0. The second-order valence-corrected chi connectivity index (χ2v) is 8.37. The standard InChI is InChI=1S/C12H12ClN3O3S2/c13-10-1-2-12(20-10)21(17,18)16-6-3-9(8-16)19-11-7-14-4-5-15-11/h1-2,4-5,7,9H,3,6,8H2/t9-/m1/s1. The molecule has 21 heavy (non-hydrogen) atoms. The normalized spacial score (nSPS) is 19.8. The summed E-state index contributed by atoms with van der Waals surface area (Å²) in [6, 6.07) is 3.11. The Labute approximate surface area is 131 Å². The molecule has 0 spiro atoms. The average Bonchev–Trinajstić information content (AvgIpc) is 3.10. The van der Waals surface area contributed by atoms with Crippen LogP contribution in [0, 0.1) is 0 Å². The van der Waals surface area contributed by atoms with Crippen LogP contribution in [-0.2, 0) is 10.0 Å². The Morgan fingerprint density at radius 1 is 1.38 bits per heavy atom. The third kappa shape index (κ3) is 3.18. The summed E-state index contributed by atoms with van der Waals surface area (Å²) in [6.07, 6.45) is 5.00. The van der Waals surface area contributed by atoms with Crippen molar-refractivity contribution in [2.45, 2.75) is 16.7 Å². The minimum atomic E-state index is -3.49. The maximum Gasteiger partial charge on any atom is 0.252 e. The predicted octanol–water partition coefficient (Wildman–Crippen LogP) is 2.03. The maximum atomic E-state index is 12.4. The van der Waals surface area contributed by atoms with Gasteiger partial charge in [0.1, 0.15) is 10.3 Å². The van der Waals surface area contributed by atoms with Crippen LogP contribution in [0.2, 0.25) is 4.34 Å². The first-order valence-corrected chi connectivity index (χ1v) is 8.87. The zero-order chi connectivity index (χ0) is 14.9. The zero-order valence-electron chi connectivity index (χ0n) is 10.8. The van der Waals surface area contributed by atoms with Gasteiger partial charge in [0.25, 0.3) is 10.0 Å². The molecule has 1 aliphatic heterocycles. The molecule has 0 bridgehead atoms. The van der Waals surface area contributed by atoms with Gasteiger partial charge in [-0.05, 0) is 18.6 Å². The molecule has 3 heterocycles. The van der Waals surface area contributed by atoms with Crippen LogP contribution >= 0.6 is 22.9 Å². The molecule has 0 unspecified atom stereocenters. The molecule has 2 aromatic heterocycles. The smallest absolute Gasteiger partial charge is 0.252 e. The highest BCUT2D eigenvalue weighted by molar-refractivity contribution is 7.91. The molecule has 0 aliphatic carbocycles. The lowest BCUT2D eigenvalue weighted by molar-refractivity contribution is 0.206. The largest absolute Gasteiger partial charge is 0.472 e. The van der Waals surface area contributed by atoms with Gasteiger partial charge in [0.2, 0.25) is 5.88 Å². The van der Waals surface area contributed by atoms with E-state index in [0.717, 1.165) is 11.3 Å². The van der Waals surface area contributed by atoms with Crippen molar-refractivity contribution in [1.82, 2.24) is 14.3 Å². The second kappa shape index (κ2) is 5.88. The van der Waals surface area contributed by atoms with Crippen LogP contribution in [0.4, 0.5) is 0 Å². The molecule has 1 fully saturated rings. The SMILES string of the molecule is O=S(=O)(c1ccc(Cl)s1)N1CC[C@@H](Oc2cnccn2)C1. The number of halogens is 1. The summed E-state index contributed by atoms with van der Waals surface area (Å²) in [5.74, 6) is 0.404. The second-order valence-electron chi connectivity index (χ2n) is 4.49. The highest BCUT2D eigenvalue weighted by atomic mass is 35.5. The summed E-state index contributed by atoms with van der Waals surface area (Å²) in [6.45, 7) is 0.719. The minimum absolute atomic E-state index is 0.216. The van der Waals surface area contributed by atoms with Gasteiger partial charge in [-0.25, -0.2) is 13.4 Å². The highest BCUT2D eigenvalue weighted by Gasteiger charge is 2.34. The molecule has 0 radical (unpaired) electrons. The average molecular weight is 346 g/mol. The topological polar surface area (TPSA) is 72.4 Å². The van der Waals surface area contributed by atoms with Crippen LogP contribution in [0.3, 0.4) is 0 Å². The lowest BCUT2D eigenvalue weighted by Crippen LogP contribution is -2.30. The molecule has 9 heteroatoms. The Bertz CT molecular complexity index is 720. The molecule has 1 aliphatic rings. The van der Waals surface area contributed by atoms with Gasteiger partial charge in [-0.2, -0.15) is 4.31 Å². The fourth-order valence-corrected chi connectivity index (χ4v) is 5.22. The number of hydrogen-bond donors (Lipinski definition) is 0. The summed E-state index contributed by atoms with van der Waals surface area (Å²) in [5, 5.41) is 0. The molecular formula is C12H12ClN3O3S2. The van der Waals surface area contributed by atoms with E-state index in [0.29, 0.717) is 29.7 Å². The number of aromatic nitrogens is 2. The first-order valence-electron chi connectivity index (χ1n) is 6.24. The van der Waals surface area contributed by atoms with E-state index in [1.807, 2.05) is 0 Å². The van der Waals surface area contributed by atoms with E-state index in [4.69, 9.17) is 16.3 Å². The Balaban J connectivity index is 1.69. The Hall–Kier alpha value is -1.22. The Morgan fingerprint density at radius 2 is 2.24 bits per heavy atom. The molecule has 0 N–H and O–H groups in total. The highest BCUT2D eigenvalue weighted by Crippen LogP contribution is 2.30. The van der Waals surface area contributed by atoms with Gasteiger partial charge in [-0.1, -0.05) is 11.6 Å². The van der Waals surface area contributed by atoms with Gasteiger partial charge in [-0.15, -0.1) is 11.3 Å². The van der Waals surface area contributed by atoms with E-state index in [1.165, 1.54) is 22.8 Å². The number of ether oxygens (including phenoxy) is 1. The summed E-state index contributed by atoms with van der Waals surface area (Å²) in [7, 11) is -3.49. The van der Waals surface area contributed by atoms with Crippen molar-refractivity contribution in [2.75, 3.05) is 13.1 Å². The number of thiophene rings is 1. The number of rotatable bonds is 4. The van der Waals surface area contributed by atoms with Crippen LogP contribution < -0.4 is 4.74 Å². The number of hydrogen-bond acceptors (Lipinski definition) is 6. The molecule has 112 valence electrons. The molecule has 3 rings (SSSR count). The van der Waals surface area contributed by atoms with E-state index >= 15 is 0 Å². The van der Waals surface area contributed by atoms with Gasteiger partial charge in [0.15, 0.2) is 0 Å². The first-order chi connectivity index (χ1) is 10.1. The van der Waals surface area contributed by atoms with Gasteiger partial charge in [0, 0.05) is 18.9 Å². The van der Waals surface area contributed by atoms with Crippen molar-refractivity contribution >= 4 is 33.0 Å². The van der Waals surface area contributed by atoms with E-state index in [-0.39, 0.29) is 10.3 Å². The molecular weight excluding hydrogens is 334 g/mol. The lowest BCUT2D eigenvalue weighted by Gasteiger charge is -2.15. The van der Waals surface area contributed by atoms with Crippen LogP contribution in [-0.4, -0.2) is 41.9 Å². The van der Waals surface area contributed by atoms with Gasteiger partial charge in [0.05, 0.1) is 17.1 Å². The van der Waals surface area contributed by atoms with Crippen molar-refractivity contribution < 1.29 is 13.2 Å². The maximum absolute atomic E-state index is 12.4. The summed E-state index contributed by atoms with van der Waals surface area (Å²) >= 11 is 6.86. The molecule has 6 nitrogen and oxygen atoms in total. The Morgan fingerprint density at radius 3 is 2.90 bits per heavy atom. The van der Waals surface area contributed by atoms with Gasteiger partial charge >= 0.3 is 0 Å².